The van der Waals surface area contributed by atoms with Crippen molar-refractivity contribution in [2.75, 3.05) is 0 Å². The van der Waals surface area contributed by atoms with Crippen LogP contribution in [0.2, 0.25) is 0 Å². The lowest BCUT2D eigenvalue weighted by Gasteiger charge is -2.01. The molecule has 0 radical (unpaired) electrons. The van der Waals surface area contributed by atoms with E-state index in [0.29, 0.717) is 0 Å². The molecule has 0 fully saturated rings. The number of benzene rings is 1. The Labute approximate surface area is 91.4 Å². The number of primary amides is 1. The van der Waals surface area contributed by atoms with Gasteiger partial charge in [0.05, 0.1) is 9.13 Å². The molecule has 74 valence electrons. The predicted molar refractivity (Wildman–Crippen MR) is 52.6 cm³/mol. The number of carbonyl (C=O) groups excluding carboxylic acids is 2. The van der Waals surface area contributed by atoms with E-state index in [2.05, 4.69) is 5.73 Å². The first-order valence-corrected chi connectivity index (χ1v) is 4.50. The molecule has 1 aromatic carbocycles. The quantitative estimate of drug-likeness (QED) is 0.387. The Kier molecular flexibility index (Phi) is 3.14. The lowest BCUT2D eigenvalue weighted by atomic mass is 10.1. The van der Waals surface area contributed by atoms with Gasteiger partial charge < -0.3 is 5.73 Å². The van der Waals surface area contributed by atoms with E-state index in [1.165, 1.54) is 6.07 Å². The molecule has 6 heteroatoms. The van der Waals surface area contributed by atoms with Gasteiger partial charge in [0.1, 0.15) is 0 Å². The Morgan fingerprint density at radius 3 is 2.29 bits per heavy atom. The summed E-state index contributed by atoms with van der Waals surface area (Å²) in [5.41, 5.74) is 4.00. The van der Waals surface area contributed by atoms with Crippen molar-refractivity contribution in [1.82, 2.24) is 0 Å². The van der Waals surface area contributed by atoms with Crippen LogP contribution >= 0.6 is 22.6 Å². The Bertz CT molecular complexity index is 420. The molecule has 2 N–H and O–H groups in total. The van der Waals surface area contributed by atoms with Gasteiger partial charge in [0.25, 0.3) is 11.7 Å². The van der Waals surface area contributed by atoms with E-state index in [0.717, 1.165) is 6.07 Å². The number of halogens is 3. The maximum Gasteiger partial charge on any atom is 0.289 e. The predicted octanol–water partition coefficient (Wildman–Crippen LogP) is 1.24. The number of carbonyl (C=O) groups is 2. The number of hydrogen-bond acceptors (Lipinski definition) is 2. The zero-order chi connectivity index (χ0) is 10.9. The number of ketones is 1. The highest BCUT2D eigenvalue weighted by molar-refractivity contribution is 14.1. The van der Waals surface area contributed by atoms with Gasteiger partial charge in [-0.1, -0.05) is 0 Å². The third-order valence-electron chi connectivity index (χ3n) is 1.50. The van der Waals surface area contributed by atoms with Crippen molar-refractivity contribution in [3.63, 3.8) is 0 Å². The number of Topliss-reactive ketones (excluding diaryl/α,β-unsaturated/α-hetero) is 1. The van der Waals surface area contributed by atoms with Crippen molar-refractivity contribution < 1.29 is 18.4 Å². The molecule has 0 aliphatic heterocycles. The summed E-state index contributed by atoms with van der Waals surface area (Å²) in [5, 5.41) is 0. The van der Waals surface area contributed by atoms with Gasteiger partial charge in [0.15, 0.2) is 11.6 Å². The number of hydrogen-bond donors (Lipinski definition) is 1. The molecule has 3 nitrogen and oxygen atoms in total. The highest BCUT2D eigenvalue weighted by atomic mass is 127. The van der Waals surface area contributed by atoms with Crippen molar-refractivity contribution in [2.24, 2.45) is 5.73 Å². The monoisotopic (exact) mass is 311 g/mol. The maximum atomic E-state index is 13.1. The number of amides is 1. The Hall–Kier alpha value is -1.05. The van der Waals surface area contributed by atoms with Crippen molar-refractivity contribution in [1.29, 1.82) is 0 Å². The van der Waals surface area contributed by atoms with Crippen LogP contribution in [0, 0.1) is 15.2 Å². The molecule has 0 atom stereocenters. The second kappa shape index (κ2) is 3.99. The van der Waals surface area contributed by atoms with Crippen molar-refractivity contribution in [2.45, 2.75) is 0 Å². The van der Waals surface area contributed by atoms with Crippen LogP contribution < -0.4 is 5.73 Å². The van der Waals surface area contributed by atoms with Gasteiger partial charge >= 0.3 is 0 Å². The number of nitrogens with two attached hydrogens (primary N) is 1. The minimum Gasteiger partial charge on any atom is -0.363 e. The summed E-state index contributed by atoms with van der Waals surface area (Å²) in [6.07, 6.45) is 0. The molecule has 0 heterocycles. The van der Waals surface area contributed by atoms with Gasteiger partial charge in [-0.2, -0.15) is 0 Å². The maximum absolute atomic E-state index is 13.1. The van der Waals surface area contributed by atoms with Gasteiger partial charge in [-0.15, -0.1) is 0 Å². The fourth-order valence-corrected chi connectivity index (χ4v) is 1.25. The minimum absolute atomic E-state index is 0.0288. The second-order valence-electron chi connectivity index (χ2n) is 2.42. The fraction of sp³-hybridized carbons (Fsp3) is 0. The van der Waals surface area contributed by atoms with E-state index < -0.39 is 28.9 Å². The average Bonchev–Trinajstić information content (AvgIpc) is 2.13. The minimum atomic E-state index is -1.35. The molecular formula is C8H4F2INO2. The van der Waals surface area contributed by atoms with E-state index >= 15 is 0 Å². The molecule has 0 unspecified atom stereocenters. The van der Waals surface area contributed by atoms with Gasteiger partial charge in [-0.25, -0.2) is 8.78 Å². The molecule has 14 heavy (non-hydrogen) atoms. The first-order chi connectivity index (χ1) is 6.45. The molecule has 0 spiro atoms. The van der Waals surface area contributed by atoms with E-state index in [9.17, 15) is 18.4 Å². The first kappa shape index (κ1) is 11.0. The standard InChI is InChI=1S/C8H4F2INO2/c9-5-3(7(13)8(12)14)1-2-4(11)6(5)10/h1-2H,(H2,12,14). The van der Waals surface area contributed by atoms with Gasteiger partial charge in [-0.05, 0) is 34.7 Å². The molecule has 1 rings (SSSR count). The average molecular weight is 311 g/mol. The van der Waals surface area contributed by atoms with Crippen LogP contribution in [0.1, 0.15) is 10.4 Å². The molecule has 0 aromatic heterocycles. The highest BCUT2D eigenvalue weighted by Crippen LogP contribution is 2.18. The molecule has 0 saturated heterocycles. The zero-order valence-corrected chi connectivity index (χ0v) is 8.84. The first-order valence-electron chi connectivity index (χ1n) is 3.42. The van der Waals surface area contributed by atoms with Crippen LogP contribution in [0.15, 0.2) is 12.1 Å². The third-order valence-corrected chi connectivity index (χ3v) is 2.34. The molecule has 0 aliphatic rings. The van der Waals surface area contributed by atoms with E-state index in [1.807, 2.05) is 0 Å². The van der Waals surface area contributed by atoms with Gasteiger partial charge in [0.2, 0.25) is 0 Å². The molecule has 1 amide bonds. The normalized spacial score (nSPS) is 9.93. The highest BCUT2D eigenvalue weighted by Gasteiger charge is 2.20. The van der Waals surface area contributed by atoms with Crippen molar-refractivity contribution in [3.8, 4) is 0 Å². The van der Waals surface area contributed by atoms with Crippen LogP contribution in [-0.4, -0.2) is 11.7 Å². The van der Waals surface area contributed by atoms with Crippen LogP contribution in [-0.2, 0) is 4.79 Å². The lowest BCUT2D eigenvalue weighted by Crippen LogP contribution is -2.24. The van der Waals surface area contributed by atoms with Crippen LogP contribution in [0.25, 0.3) is 0 Å². The van der Waals surface area contributed by atoms with E-state index in [1.54, 1.807) is 22.6 Å². The fourth-order valence-electron chi connectivity index (χ4n) is 0.834. The van der Waals surface area contributed by atoms with Crippen molar-refractivity contribution >= 4 is 34.3 Å². The van der Waals surface area contributed by atoms with Crippen molar-refractivity contribution in [3.05, 3.63) is 32.9 Å². The summed E-state index contributed by atoms with van der Waals surface area (Å²) >= 11 is 1.56. The van der Waals surface area contributed by atoms with Gasteiger partial charge in [-0.3, -0.25) is 9.59 Å². The Balaban J connectivity index is 3.31. The third kappa shape index (κ3) is 1.89. The summed E-state index contributed by atoms with van der Waals surface area (Å²) in [6, 6.07) is 2.21. The topological polar surface area (TPSA) is 60.2 Å². The second-order valence-corrected chi connectivity index (χ2v) is 3.58. The van der Waals surface area contributed by atoms with E-state index in [-0.39, 0.29) is 3.57 Å². The largest absolute Gasteiger partial charge is 0.363 e. The smallest absolute Gasteiger partial charge is 0.289 e. The van der Waals surface area contributed by atoms with Crippen LogP contribution in [0.3, 0.4) is 0 Å². The lowest BCUT2D eigenvalue weighted by molar-refractivity contribution is -0.114. The SMILES string of the molecule is NC(=O)C(=O)c1ccc(I)c(F)c1F. The molecule has 1 aromatic rings. The van der Waals surface area contributed by atoms with Crippen LogP contribution in [0.5, 0.6) is 0 Å². The summed E-state index contributed by atoms with van der Waals surface area (Å²) < 4.78 is 26.0. The number of rotatable bonds is 2. The molecule has 0 bridgehead atoms. The molecular weight excluding hydrogens is 307 g/mol. The summed E-state index contributed by atoms with van der Waals surface area (Å²) in [5.74, 6) is -5.05. The zero-order valence-electron chi connectivity index (χ0n) is 6.68. The molecule has 0 aliphatic carbocycles. The Morgan fingerprint density at radius 2 is 1.79 bits per heavy atom. The Morgan fingerprint density at radius 1 is 1.21 bits per heavy atom. The summed E-state index contributed by atoms with van der Waals surface area (Å²) in [6.45, 7) is 0. The van der Waals surface area contributed by atoms with Gasteiger partial charge in [0, 0.05) is 0 Å². The summed E-state index contributed by atoms with van der Waals surface area (Å²) in [7, 11) is 0. The van der Waals surface area contributed by atoms with Crippen LogP contribution in [0.4, 0.5) is 8.78 Å². The van der Waals surface area contributed by atoms with E-state index in [4.69, 9.17) is 0 Å². The molecule has 0 saturated carbocycles. The summed E-state index contributed by atoms with van der Waals surface area (Å²) in [4.78, 5) is 21.4.